The quantitative estimate of drug-likeness (QED) is 0.536. The molecule has 0 aromatic carbocycles. The largest absolute Gasteiger partial charge is 0.159 e. The lowest BCUT2D eigenvalue weighted by atomic mass is 10.4. The van der Waals surface area contributed by atoms with Crippen LogP contribution < -0.4 is 0 Å². The molecule has 0 nitrogen and oxygen atoms in total. The molecule has 0 aliphatic heterocycles. The SMILES string of the molecule is CCCCS[C@@H](C)CC. The Balaban J connectivity index is 2.88. The van der Waals surface area contributed by atoms with E-state index in [1.54, 1.807) is 0 Å². The molecule has 0 aromatic rings. The molecule has 0 saturated heterocycles. The van der Waals surface area contributed by atoms with E-state index in [0.29, 0.717) is 0 Å². The fraction of sp³-hybridized carbons (Fsp3) is 1.00. The van der Waals surface area contributed by atoms with Crippen molar-refractivity contribution in [3.8, 4) is 0 Å². The standard InChI is InChI=1S/C8H18S/c1-4-6-7-9-8(3)5-2/h8H,4-7H2,1-3H3/t8-/m0/s1. The van der Waals surface area contributed by atoms with E-state index in [-0.39, 0.29) is 0 Å². The van der Waals surface area contributed by atoms with Gasteiger partial charge in [-0.05, 0) is 18.6 Å². The van der Waals surface area contributed by atoms with Crippen LogP contribution in [0, 0.1) is 0 Å². The van der Waals surface area contributed by atoms with Crippen molar-refractivity contribution in [3.63, 3.8) is 0 Å². The van der Waals surface area contributed by atoms with Crippen molar-refractivity contribution in [1.29, 1.82) is 0 Å². The highest BCUT2D eigenvalue weighted by Gasteiger charge is 1.95. The summed E-state index contributed by atoms with van der Waals surface area (Å²) in [6, 6.07) is 0. The summed E-state index contributed by atoms with van der Waals surface area (Å²) >= 11 is 2.10. The summed E-state index contributed by atoms with van der Waals surface area (Å²) in [4.78, 5) is 0. The second-order valence-corrected chi connectivity index (χ2v) is 3.99. The third-order valence-electron chi connectivity index (χ3n) is 1.48. The van der Waals surface area contributed by atoms with Crippen molar-refractivity contribution in [1.82, 2.24) is 0 Å². The highest BCUT2D eigenvalue weighted by molar-refractivity contribution is 7.99. The maximum atomic E-state index is 2.31. The topological polar surface area (TPSA) is 0 Å². The van der Waals surface area contributed by atoms with E-state index in [9.17, 15) is 0 Å². The molecule has 0 aromatic heterocycles. The van der Waals surface area contributed by atoms with Gasteiger partial charge in [0.2, 0.25) is 0 Å². The number of hydrogen-bond acceptors (Lipinski definition) is 1. The molecule has 0 radical (unpaired) electrons. The van der Waals surface area contributed by atoms with Gasteiger partial charge in [0.1, 0.15) is 0 Å². The van der Waals surface area contributed by atoms with E-state index < -0.39 is 0 Å². The summed E-state index contributed by atoms with van der Waals surface area (Å²) in [5.41, 5.74) is 0. The molecule has 1 atom stereocenters. The van der Waals surface area contributed by atoms with Crippen LogP contribution in [0.2, 0.25) is 0 Å². The first kappa shape index (κ1) is 9.35. The van der Waals surface area contributed by atoms with Crippen LogP contribution in [-0.4, -0.2) is 11.0 Å². The molecule has 1 heteroatoms. The van der Waals surface area contributed by atoms with Crippen molar-refractivity contribution in [2.24, 2.45) is 0 Å². The Hall–Kier alpha value is 0.350. The highest BCUT2D eigenvalue weighted by Crippen LogP contribution is 2.14. The minimum absolute atomic E-state index is 0.872. The maximum absolute atomic E-state index is 2.31. The van der Waals surface area contributed by atoms with E-state index in [2.05, 4.69) is 32.5 Å². The van der Waals surface area contributed by atoms with Gasteiger partial charge in [-0.3, -0.25) is 0 Å². The van der Waals surface area contributed by atoms with Crippen LogP contribution in [0.25, 0.3) is 0 Å². The van der Waals surface area contributed by atoms with Gasteiger partial charge in [-0.2, -0.15) is 11.8 Å². The molecule has 0 aliphatic carbocycles. The summed E-state index contributed by atoms with van der Waals surface area (Å²) in [5.74, 6) is 1.35. The predicted octanol–water partition coefficient (Wildman–Crippen LogP) is 3.32. The Labute approximate surface area is 63.4 Å². The first-order valence-corrected chi connectivity index (χ1v) is 4.97. The smallest absolute Gasteiger partial charge is 0.00160 e. The van der Waals surface area contributed by atoms with Crippen LogP contribution in [-0.2, 0) is 0 Å². The normalized spacial score (nSPS) is 13.7. The van der Waals surface area contributed by atoms with E-state index in [1.165, 1.54) is 25.0 Å². The van der Waals surface area contributed by atoms with Gasteiger partial charge in [0.15, 0.2) is 0 Å². The summed E-state index contributed by atoms with van der Waals surface area (Å²) in [5, 5.41) is 0.872. The van der Waals surface area contributed by atoms with E-state index in [1.807, 2.05) is 0 Å². The highest BCUT2D eigenvalue weighted by atomic mass is 32.2. The third kappa shape index (κ3) is 6.23. The van der Waals surface area contributed by atoms with Gasteiger partial charge in [0.25, 0.3) is 0 Å². The number of rotatable bonds is 5. The Morgan fingerprint density at radius 2 is 2.00 bits per heavy atom. The second-order valence-electron chi connectivity index (χ2n) is 2.44. The van der Waals surface area contributed by atoms with Gasteiger partial charge in [-0.1, -0.05) is 27.2 Å². The molecule has 0 aliphatic rings. The van der Waals surface area contributed by atoms with Crippen LogP contribution in [0.4, 0.5) is 0 Å². The fourth-order valence-electron chi connectivity index (χ4n) is 0.547. The van der Waals surface area contributed by atoms with E-state index in [0.717, 1.165) is 5.25 Å². The van der Waals surface area contributed by atoms with Crippen LogP contribution in [0.1, 0.15) is 40.0 Å². The van der Waals surface area contributed by atoms with Gasteiger partial charge < -0.3 is 0 Å². The molecular formula is C8H18S. The predicted molar refractivity (Wildman–Crippen MR) is 47.1 cm³/mol. The number of hydrogen-bond donors (Lipinski definition) is 0. The second kappa shape index (κ2) is 6.47. The molecule has 0 N–H and O–H groups in total. The molecule has 0 fully saturated rings. The molecule has 0 spiro atoms. The minimum Gasteiger partial charge on any atom is -0.159 e. The zero-order chi connectivity index (χ0) is 7.11. The lowest BCUT2D eigenvalue weighted by Crippen LogP contribution is -1.93. The summed E-state index contributed by atoms with van der Waals surface area (Å²) in [6.07, 6.45) is 4.03. The van der Waals surface area contributed by atoms with Gasteiger partial charge in [-0.25, -0.2) is 0 Å². The average Bonchev–Trinajstić information content (AvgIpc) is 1.89. The molecule has 0 rings (SSSR count). The molecule has 9 heavy (non-hydrogen) atoms. The Kier molecular flexibility index (Phi) is 6.72. The first-order valence-electron chi connectivity index (χ1n) is 3.92. The molecular weight excluding hydrogens is 128 g/mol. The lowest BCUT2D eigenvalue weighted by molar-refractivity contribution is 0.872. The van der Waals surface area contributed by atoms with Gasteiger partial charge >= 0.3 is 0 Å². The zero-order valence-electron chi connectivity index (χ0n) is 6.81. The van der Waals surface area contributed by atoms with Gasteiger partial charge in [0.05, 0.1) is 0 Å². The minimum atomic E-state index is 0.872. The van der Waals surface area contributed by atoms with E-state index >= 15 is 0 Å². The maximum Gasteiger partial charge on any atom is 0.00160 e. The van der Waals surface area contributed by atoms with Crippen molar-refractivity contribution in [2.45, 2.75) is 45.3 Å². The monoisotopic (exact) mass is 146 g/mol. The van der Waals surface area contributed by atoms with Gasteiger partial charge in [0, 0.05) is 5.25 Å². The van der Waals surface area contributed by atoms with E-state index in [4.69, 9.17) is 0 Å². The molecule has 0 amide bonds. The van der Waals surface area contributed by atoms with Gasteiger partial charge in [-0.15, -0.1) is 0 Å². The zero-order valence-corrected chi connectivity index (χ0v) is 7.63. The van der Waals surface area contributed by atoms with Crippen LogP contribution >= 0.6 is 11.8 Å². The van der Waals surface area contributed by atoms with Crippen molar-refractivity contribution >= 4 is 11.8 Å². The Morgan fingerprint density at radius 1 is 1.33 bits per heavy atom. The molecule has 0 bridgehead atoms. The fourth-order valence-corrected chi connectivity index (χ4v) is 1.64. The summed E-state index contributed by atoms with van der Waals surface area (Å²) in [6.45, 7) is 6.81. The van der Waals surface area contributed by atoms with Crippen molar-refractivity contribution in [3.05, 3.63) is 0 Å². The van der Waals surface area contributed by atoms with Crippen LogP contribution in [0.3, 0.4) is 0 Å². The lowest BCUT2D eigenvalue weighted by Gasteiger charge is -2.05. The molecule has 0 saturated carbocycles. The van der Waals surface area contributed by atoms with Crippen molar-refractivity contribution < 1.29 is 0 Å². The third-order valence-corrected chi connectivity index (χ3v) is 2.90. The van der Waals surface area contributed by atoms with Crippen molar-refractivity contribution in [2.75, 3.05) is 5.75 Å². The Morgan fingerprint density at radius 3 is 2.44 bits per heavy atom. The Bertz CT molecular complexity index is 52.5. The van der Waals surface area contributed by atoms with Crippen LogP contribution in [0.5, 0.6) is 0 Å². The number of unbranched alkanes of at least 4 members (excludes halogenated alkanes) is 1. The molecule has 0 heterocycles. The summed E-state index contributed by atoms with van der Waals surface area (Å²) < 4.78 is 0. The van der Waals surface area contributed by atoms with Crippen LogP contribution in [0.15, 0.2) is 0 Å². The summed E-state index contributed by atoms with van der Waals surface area (Å²) in [7, 11) is 0. The molecule has 56 valence electrons. The first-order chi connectivity index (χ1) is 4.31. The average molecular weight is 146 g/mol. The number of thioether (sulfide) groups is 1. The molecule has 0 unspecified atom stereocenters.